The van der Waals surface area contributed by atoms with E-state index in [0.29, 0.717) is 0 Å². The number of hydrazone groups is 1. The van der Waals surface area contributed by atoms with Crippen LogP contribution in [0.2, 0.25) is 0 Å². The Morgan fingerprint density at radius 3 is 2.48 bits per heavy atom. The third-order valence-electron chi connectivity index (χ3n) is 3.44. The predicted molar refractivity (Wildman–Crippen MR) is 93.0 cm³/mol. The third-order valence-corrected chi connectivity index (χ3v) is 3.44. The average molecular weight is 311 g/mol. The van der Waals surface area contributed by atoms with E-state index in [1.54, 1.807) is 7.11 Å². The summed E-state index contributed by atoms with van der Waals surface area (Å²) in [4.78, 5) is 11.9. The quantitative estimate of drug-likeness (QED) is 0.637. The topological polar surface area (TPSA) is 62.7 Å². The second-order valence-electron chi connectivity index (χ2n) is 5.13. The Hall–Kier alpha value is -2.82. The zero-order valence-corrected chi connectivity index (χ0v) is 13.6. The van der Waals surface area contributed by atoms with E-state index >= 15 is 0 Å². The van der Waals surface area contributed by atoms with Crippen molar-refractivity contribution in [2.75, 3.05) is 19.0 Å². The lowest BCUT2D eigenvalue weighted by Gasteiger charge is -2.08. The number of amides is 1. The van der Waals surface area contributed by atoms with Gasteiger partial charge in [0.1, 0.15) is 5.75 Å². The van der Waals surface area contributed by atoms with E-state index in [1.165, 1.54) is 0 Å². The minimum absolute atomic E-state index is 0.171. The zero-order chi connectivity index (χ0) is 16.7. The molecule has 0 radical (unpaired) electrons. The summed E-state index contributed by atoms with van der Waals surface area (Å²) in [7, 11) is 1.62. The molecule has 2 aromatic carbocycles. The second kappa shape index (κ2) is 7.98. The zero-order valence-electron chi connectivity index (χ0n) is 13.6. The summed E-state index contributed by atoms with van der Waals surface area (Å²) in [6, 6.07) is 15.3. The summed E-state index contributed by atoms with van der Waals surface area (Å²) in [6.07, 6.45) is 0. The fourth-order valence-electron chi connectivity index (χ4n) is 2.03. The molecule has 0 fully saturated rings. The highest BCUT2D eigenvalue weighted by Crippen LogP contribution is 2.13. The number of para-hydroxylation sites is 1. The molecule has 2 aromatic rings. The summed E-state index contributed by atoms with van der Waals surface area (Å²) in [5.41, 5.74) is 6.26. The van der Waals surface area contributed by atoms with Crippen LogP contribution in [-0.4, -0.2) is 25.3 Å². The largest absolute Gasteiger partial charge is 0.497 e. The van der Waals surface area contributed by atoms with Crippen LogP contribution in [0.5, 0.6) is 5.75 Å². The molecule has 23 heavy (non-hydrogen) atoms. The molecule has 0 aliphatic heterocycles. The van der Waals surface area contributed by atoms with Crippen molar-refractivity contribution < 1.29 is 9.53 Å². The molecule has 120 valence electrons. The lowest BCUT2D eigenvalue weighted by atomic mass is 10.1. The fraction of sp³-hybridized carbons (Fsp3) is 0.222. The summed E-state index contributed by atoms with van der Waals surface area (Å²) in [6.45, 7) is 4.01. The molecule has 0 saturated heterocycles. The van der Waals surface area contributed by atoms with Crippen LogP contribution in [0.25, 0.3) is 0 Å². The van der Waals surface area contributed by atoms with Gasteiger partial charge in [0, 0.05) is 5.69 Å². The Labute approximate surface area is 136 Å². The molecule has 0 atom stereocenters. The molecule has 5 nitrogen and oxygen atoms in total. The van der Waals surface area contributed by atoms with Crippen molar-refractivity contribution in [1.82, 2.24) is 5.43 Å². The molecule has 0 saturated carbocycles. The van der Waals surface area contributed by atoms with Gasteiger partial charge >= 0.3 is 0 Å². The predicted octanol–water partition coefficient (Wildman–Crippen LogP) is 2.96. The van der Waals surface area contributed by atoms with E-state index in [-0.39, 0.29) is 12.5 Å². The highest BCUT2D eigenvalue weighted by atomic mass is 16.5. The van der Waals surface area contributed by atoms with Crippen LogP contribution in [0.15, 0.2) is 53.6 Å². The lowest BCUT2D eigenvalue weighted by Crippen LogP contribution is -2.27. The van der Waals surface area contributed by atoms with Crippen molar-refractivity contribution in [3.05, 3.63) is 59.7 Å². The molecule has 0 bridgehead atoms. The Bertz CT molecular complexity index is 694. The minimum Gasteiger partial charge on any atom is -0.497 e. The van der Waals surface area contributed by atoms with Gasteiger partial charge in [0.25, 0.3) is 5.91 Å². The highest BCUT2D eigenvalue weighted by molar-refractivity contribution is 5.99. The number of ether oxygens (including phenoxy) is 1. The standard InChI is InChI=1S/C18H21N3O2/c1-13-6-4-5-7-17(13)19-12-18(22)21-20-14(2)15-8-10-16(23-3)11-9-15/h4-11,19H,12H2,1-3H3,(H,21,22)/b20-14-. The second-order valence-corrected chi connectivity index (χ2v) is 5.13. The molecule has 0 aliphatic rings. The van der Waals surface area contributed by atoms with Crippen molar-refractivity contribution in [2.45, 2.75) is 13.8 Å². The molecule has 0 aliphatic carbocycles. The van der Waals surface area contributed by atoms with Crippen molar-refractivity contribution >= 4 is 17.3 Å². The first-order valence-corrected chi connectivity index (χ1v) is 7.37. The normalized spacial score (nSPS) is 11.0. The van der Waals surface area contributed by atoms with Crippen LogP contribution in [0, 0.1) is 6.92 Å². The van der Waals surface area contributed by atoms with Gasteiger partial charge in [0.05, 0.1) is 19.4 Å². The van der Waals surface area contributed by atoms with Gasteiger partial charge in [-0.1, -0.05) is 18.2 Å². The van der Waals surface area contributed by atoms with Gasteiger partial charge in [-0.05, 0) is 55.3 Å². The third kappa shape index (κ3) is 4.85. The van der Waals surface area contributed by atoms with Gasteiger partial charge in [0.15, 0.2) is 0 Å². The Kier molecular flexibility index (Phi) is 5.74. The molecule has 2 rings (SSSR count). The number of anilines is 1. The van der Waals surface area contributed by atoms with Crippen molar-refractivity contribution in [1.29, 1.82) is 0 Å². The number of nitrogens with one attached hydrogen (secondary N) is 2. The van der Waals surface area contributed by atoms with Crippen LogP contribution < -0.4 is 15.5 Å². The Morgan fingerprint density at radius 1 is 1.13 bits per heavy atom. The first-order valence-electron chi connectivity index (χ1n) is 7.37. The van der Waals surface area contributed by atoms with E-state index in [4.69, 9.17) is 4.74 Å². The molecular formula is C18H21N3O2. The first-order chi connectivity index (χ1) is 11.1. The van der Waals surface area contributed by atoms with Gasteiger partial charge in [0.2, 0.25) is 0 Å². The molecule has 0 spiro atoms. The fourth-order valence-corrected chi connectivity index (χ4v) is 2.03. The van der Waals surface area contributed by atoms with Gasteiger partial charge in [-0.3, -0.25) is 4.79 Å². The van der Waals surface area contributed by atoms with Crippen LogP contribution in [0.3, 0.4) is 0 Å². The van der Waals surface area contributed by atoms with E-state index in [0.717, 1.165) is 28.3 Å². The van der Waals surface area contributed by atoms with Crippen molar-refractivity contribution in [2.24, 2.45) is 5.10 Å². The van der Waals surface area contributed by atoms with Crippen molar-refractivity contribution in [3.8, 4) is 5.75 Å². The number of aryl methyl sites for hydroxylation is 1. The molecule has 0 aromatic heterocycles. The van der Waals surface area contributed by atoms with Gasteiger partial charge < -0.3 is 10.1 Å². The number of hydrogen-bond donors (Lipinski definition) is 2. The maximum absolute atomic E-state index is 11.9. The number of nitrogens with zero attached hydrogens (tertiary/aromatic N) is 1. The summed E-state index contributed by atoms with van der Waals surface area (Å²) < 4.78 is 5.11. The number of hydrogen-bond acceptors (Lipinski definition) is 4. The Morgan fingerprint density at radius 2 is 1.83 bits per heavy atom. The van der Waals surface area contributed by atoms with E-state index in [9.17, 15) is 4.79 Å². The molecule has 5 heteroatoms. The van der Waals surface area contributed by atoms with E-state index in [2.05, 4.69) is 15.8 Å². The molecule has 0 unspecified atom stereocenters. The van der Waals surface area contributed by atoms with E-state index < -0.39 is 0 Å². The number of carbonyl (C=O) groups excluding carboxylic acids is 1. The molecule has 2 N–H and O–H groups in total. The van der Waals surface area contributed by atoms with E-state index in [1.807, 2.05) is 62.4 Å². The smallest absolute Gasteiger partial charge is 0.259 e. The summed E-state index contributed by atoms with van der Waals surface area (Å²) in [5.74, 6) is 0.592. The Balaban J connectivity index is 1.88. The summed E-state index contributed by atoms with van der Waals surface area (Å²) in [5, 5.41) is 7.21. The molecular weight excluding hydrogens is 290 g/mol. The SMILES string of the molecule is COc1ccc(/C(C)=N\NC(=O)CNc2ccccc2C)cc1. The number of carbonyl (C=O) groups is 1. The van der Waals surface area contributed by atoms with Crippen LogP contribution in [-0.2, 0) is 4.79 Å². The number of methoxy groups -OCH3 is 1. The maximum Gasteiger partial charge on any atom is 0.259 e. The molecule has 0 heterocycles. The highest BCUT2D eigenvalue weighted by Gasteiger charge is 2.03. The van der Waals surface area contributed by atoms with Crippen molar-refractivity contribution in [3.63, 3.8) is 0 Å². The first kappa shape index (κ1) is 16.5. The van der Waals surface area contributed by atoms with Gasteiger partial charge in [-0.25, -0.2) is 5.43 Å². The van der Waals surface area contributed by atoms with Gasteiger partial charge in [-0.15, -0.1) is 0 Å². The van der Waals surface area contributed by atoms with Crippen LogP contribution >= 0.6 is 0 Å². The molecule has 1 amide bonds. The monoisotopic (exact) mass is 311 g/mol. The van der Waals surface area contributed by atoms with Gasteiger partial charge in [-0.2, -0.15) is 5.10 Å². The van der Waals surface area contributed by atoms with Crippen LogP contribution in [0.1, 0.15) is 18.1 Å². The van der Waals surface area contributed by atoms with Crippen LogP contribution in [0.4, 0.5) is 5.69 Å². The maximum atomic E-state index is 11.9. The summed E-state index contributed by atoms with van der Waals surface area (Å²) >= 11 is 0. The number of benzene rings is 2. The lowest BCUT2D eigenvalue weighted by molar-refractivity contribution is -0.119. The average Bonchev–Trinajstić information content (AvgIpc) is 2.59. The minimum atomic E-state index is -0.193. The number of rotatable bonds is 6.